The van der Waals surface area contributed by atoms with Crippen molar-refractivity contribution in [2.24, 2.45) is 165 Å². The Balaban J connectivity index is -0.000000727. The highest BCUT2D eigenvalue weighted by atomic mass is 19.3. The predicted molar refractivity (Wildman–Crippen MR) is 643 cm³/mol. The average molecular weight is 2010 g/mol. The molecule has 2 unspecified atom stereocenters. The van der Waals surface area contributed by atoms with Gasteiger partial charge in [0.25, 0.3) is 0 Å². The van der Waals surface area contributed by atoms with Crippen molar-refractivity contribution in [1.82, 2.24) is 4.90 Å². The quantitative estimate of drug-likeness (QED) is 0.106. The molecular weight excluding hydrogens is 1750 g/mol. The number of ether oxygens (including phenoxy) is 2. The highest BCUT2D eigenvalue weighted by Crippen LogP contribution is 2.41. The van der Waals surface area contributed by atoms with Crippen LogP contribution in [0.3, 0.4) is 0 Å². The van der Waals surface area contributed by atoms with E-state index in [1.807, 2.05) is 50.8 Å². The molecule has 2 aliphatic heterocycles. The topological polar surface area (TPSA) is 38.8 Å². The van der Waals surface area contributed by atoms with E-state index in [0.29, 0.717) is 54.0 Å². The maximum absolute atomic E-state index is 12.6. The van der Waals surface area contributed by atoms with E-state index in [4.69, 9.17) is 9.47 Å². The molecular formula is C137H261F2NO3. The molecule has 3 aromatic carbocycles. The van der Waals surface area contributed by atoms with Gasteiger partial charge in [0.1, 0.15) is 0 Å². The molecule has 4 nitrogen and oxygen atoms in total. The molecule has 0 radical (unpaired) electrons. The average Bonchev–Trinajstić information content (AvgIpc) is 1.75. The van der Waals surface area contributed by atoms with Gasteiger partial charge in [-0.3, -0.25) is 4.79 Å². The number of nitrogens with zero attached hydrogens (tertiary/aromatic N) is 1. The first-order valence-corrected chi connectivity index (χ1v) is 62.3. The van der Waals surface area contributed by atoms with E-state index in [1.165, 1.54) is 241 Å². The molecule has 10 aliphatic rings. The SMILES string of the molecule is CC.CC.CC(=O)N1CCC(C(C)C)CC1.CC(C)C(C)(C)C.CC(C)C(C)C.CC(C)C(C)OCc1ccccc1.CC(C)C(c1ccccc1)c1ccccc1.CC(C)C1CC1.CC(C)C1CCC(F)(F)CC1.CC(C)C1CCC1.CC(C)C1CCCC1.CC(C)C1CCCCC1.CC(C)C1CCCCC1.CC(C)C1CCCCC1.CC(C)C1CCCCCC1.CC(C)C1CCOCC1.CCC(C)C(C)C. The molecule has 0 bridgehead atoms. The summed E-state index contributed by atoms with van der Waals surface area (Å²) in [5.74, 6) is 22.4. The number of hydrogen-bond donors (Lipinski definition) is 0. The normalized spacial score (nSPS) is 18.8. The summed E-state index contributed by atoms with van der Waals surface area (Å²) >= 11 is 0. The van der Waals surface area contributed by atoms with E-state index in [0.717, 1.165) is 169 Å². The van der Waals surface area contributed by atoms with Crippen LogP contribution in [-0.2, 0) is 20.9 Å². The van der Waals surface area contributed by atoms with Gasteiger partial charge in [-0.25, -0.2) is 8.78 Å². The van der Waals surface area contributed by atoms with Gasteiger partial charge in [-0.2, -0.15) is 0 Å². The van der Waals surface area contributed by atoms with Gasteiger partial charge in [0.2, 0.25) is 11.8 Å². The molecule has 1 amide bonds. The van der Waals surface area contributed by atoms with E-state index < -0.39 is 5.92 Å². The zero-order chi connectivity index (χ0) is 110. The van der Waals surface area contributed by atoms with Gasteiger partial charge in [0, 0.05) is 52.0 Å². The Morgan fingerprint density at radius 2 is 0.559 bits per heavy atom. The lowest BCUT2D eigenvalue weighted by Gasteiger charge is -2.33. The molecule has 0 aromatic heterocycles. The Bertz CT molecular complexity index is 2940. The van der Waals surface area contributed by atoms with E-state index in [1.54, 1.807) is 6.92 Å². The van der Waals surface area contributed by atoms with E-state index in [-0.39, 0.29) is 18.7 Å². The standard InChI is InChI=1S/C16H18.C12H18O.C10H19NO.C10H20.C9H16F2.3C9H18.C8H16O.C8H16.C7H14.2C7H16.C6H12.C6H14.2C2H6/c1-13(2)16(14-9-5-3-6-10-14)15-11-7-4-8-12-15;1-10(2)11(3)13-9-12-7-5-4-6-8-12;1-8(2)10-4-6-11(7-5-10)9(3)12;1-9(2)10-7-5-3-4-6-8-10;1-7(2)8-3-5-9(10,11)6-4-8;3*1-8(2)9-6-4-3-5-7-9;1-7(2)8-3-5-9-6-4-8;1-7(2)8-5-3-4-6-8;1-6(2)7-4-3-5-7;1-6(2)7(3,4)5;1-5-7(4)6(2)3;1-5(2)6-3-4-6;1-5(2)6(3)4;2*1-2/h3-13,16H,1-2H3;4-8,10-11H,9H2,1-3H3;8,10H,4-7H2,1-3H3;9-10H,3-8H2,1-2H3;7-8H,3-6H2,1-2H3;3*8-9H,3-7H2,1-2H3;7-8H,3-6H2,1-2H3;7-8H,3-6H2,1-2H3;6-7H,3-5H2,1-2H3;6H,1-5H3;6-7H,5H2,1-4H3;5-6H,3-4H2,1-2H3;5-6H,1-4H3;2*1-2H3. The highest BCUT2D eigenvalue weighted by molar-refractivity contribution is 5.73. The molecule has 0 N–H and O–H groups in total. The summed E-state index contributed by atoms with van der Waals surface area (Å²) < 4.78 is 36.2. The fourth-order valence-corrected chi connectivity index (χ4v) is 19.6. The van der Waals surface area contributed by atoms with Crippen molar-refractivity contribution in [2.75, 3.05) is 26.3 Å². The molecule has 846 valence electrons. The molecule has 8 aliphatic carbocycles. The molecule has 2 saturated heterocycles. The number of rotatable bonds is 20. The van der Waals surface area contributed by atoms with Crippen LogP contribution in [0.2, 0.25) is 0 Å². The van der Waals surface area contributed by atoms with Crippen LogP contribution < -0.4 is 0 Å². The second-order valence-electron chi connectivity index (χ2n) is 51.9. The van der Waals surface area contributed by atoms with Crippen LogP contribution >= 0.6 is 0 Å². The molecule has 0 spiro atoms. The van der Waals surface area contributed by atoms with Crippen LogP contribution in [0.25, 0.3) is 0 Å². The monoisotopic (exact) mass is 2010 g/mol. The van der Waals surface area contributed by atoms with Crippen molar-refractivity contribution in [2.45, 2.75) is 573 Å². The van der Waals surface area contributed by atoms with Gasteiger partial charge in [0.05, 0.1) is 12.7 Å². The largest absolute Gasteiger partial charge is 0.381 e. The zero-order valence-corrected chi connectivity index (χ0v) is 105. The minimum absolute atomic E-state index is 0.107. The van der Waals surface area contributed by atoms with Crippen molar-refractivity contribution in [3.8, 4) is 0 Å². The summed E-state index contributed by atoms with van der Waals surface area (Å²) in [6.45, 7) is 101. The Morgan fingerprint density at radius 3 is 0.755 bits per heavy atom. The third-order valence-electron chi connectivity index (χ3n) is 34.6. The zero-order valence-electron chi connectivity index (χ0n) is 105. The number of carbonyl (C=O) groups is 1. The van der Waals surface area contributed by atoms with Crippen molar-refractivity contribution in [3.05, 3.63) is 108 Å². The summed E-state index contributed by atoms with van der Waals surface area (Å²) in [5.41, 5.74) is 4.56. The number of piperidine rings is 1. The minimum Gasteiger partial charge on any atom is -0.381 e. The smallest absolute Gasteiger partial charge is 0.248 e. The molecule has 10 fully saturated rings. The maximum Gasteiger partial charge on any atom is 0.248 e. The Labute approximate surface area is 899 Å². The van der Waals surface area contributed by atoms with Crippen molar-refractivity contribution in [1.29, 1.82) is 0 Å². The summed E-state index contributed by atoms with van der Waals surface area (Å²) in [6.07, 6.45) is 53.0. The maximum atomic E-state index is 12.6. The lowest BCUT2D eigenvalue weighted by atomic mass is 9.78. The molecule has 2 heterocycles. The molecule has 2 atom stereocenters. The second kappa shape index (κ2) is 89.4. The van der Waals surface area contributed by atoms with Crippen LogP contribution in [0.15, 0.2) is 91.0 Å². The van der Waals surface area contributed by atoms with Crippen molar-refractivity contribution in [3.63, 3.8) is 0 Å². The first-order chi connectivity index (χ1) is 67.3. The lowest BCUT2D eigenvalue weighted by molar-refractivity contribution is -0.130. The summed E-state index contributed by atoms with van der Waals surface area (Å²) in [7, 11) is 0. The van der Waals surface area contributed by atoms with Crippen molar-refractivity contribution < 1.29 is 23.0 Å². The summed E-state index contributed by atoms with van der Waals surface area (Å²) in [5, 5.41) is 0. The summed E-state index contributed by atoms with van der Waals surface area (Å²) in [6, 6.07) is 31.8. The predicted octanol–water partition coefficient (Wildman–Crippen LogP) is 45.5. The Hall–Kier alpha value is -3.09. The van der Waals surface area contributed by atoms with Crippen LogP contribution in [0.5, 0.6) is 0 Å². The first kappa shape index (κ1) is 146. The highest BCUT2D eigenvalue weighted by Gasteiger charge is 2.36. The number of carbonyl (C=O) groups excluding carboxylic acids is 1. The van der Waals surface area contributed by atoms with E-state index >= 15 is 0 Å². The third-order valence-corrected chi connectivity index (χ3v) is 34.6. The van der Waals surface area contributed by atoms with Crippen LogP contribution in [0.1, 0.15) is 571 Å². The van der Waals surface area contributed by atoms with Crippen molar-refractivity contribution >= 4 is 5.91 Å². The lowest BCUT2D eigenvalue weighted by Crippen LogP contribution is -2.38. The van der Waals surface area contributed by atoms with Gasteiger partial charge < -0.3 is 14.4 Å². The Morgan fingerprint density at radius 1 is 0.322 bits per heavy atom. The van der Waals surface area contributed by atoms with Gasteiger partial charge in [-0.15, -0.1) is 0 Å². The van der Waals surface area contributed by atoms with Crippen LogP contribution in [-0.4, -0.2) is 49.1 Å². The first-order valence-electron chi connectivity index (χ1n) is 62.3. The van der Waals surface area contributed by atoms with Crippen LogP contribution in [0, 0.1) is 165 Å². The van der Waals surface area contributed by atoms with E-state index in [2.05, 4.69) is 336 Å². The van der Waals surface area contributed by atoms with Gasteiger partial charge in [0.15, 0.2) is 0 Å². The Kier molecular flexibility index (Phi) is 91.4. The molecule has 13 rings (SSSR count). The fraction of sp³-hybridized carbons (Fsp3) is 0.861. The number of halogens is 2. The number of benzene rings is 3. The van der Waals surface area contributed by atoms with Crippen LogP contribution in [0.4, 0.5) is 8.78 Å². The van der Waals surface area contributed by atoms with E-state index in [9.17, 15) is 13.6 Å². The molecule has 8 saturated carbocycles. The molecule has 143 heavy (non-hydrogen) atoms. The van der Waals surface area contributed by atoms with Gasteiger partial charge >= 0.3 is 0 Å². The number of likely N-dealkylation sites (tertiary alicyclic amines) is 1. The number of amides is 1. The molecule has 6 heteroatoms. The summed E-state index contributed by atoms with van der Waals surface area (Å²) in [4.78, 5) is 13.0. The third kappa shape index (κ3) is 79.6. The van der Waals surface area contributed by atoms with Gasteiger partial charge in [-0.1, -0.05) is 561 Å². The minimum atomic E-state index is -2.36. The molecule has 3 aromatic rings. The second-order valence-corrected chi connectivity index (χ2v) is 51.9. The number of hydrogen-bond acceptors (Lipinski definition) is 3. The van der Waals surface area contributed by atoms with Gasteiger partial charge in [-0.05, 0) is 240 Å². The number of alkyl halides is 2. The fourth-order valence-electron chi connectivity index (χ4n) is 19.6.